The number of carbonyl (C=O) groups is 1. The van der Waals surface area contributed by atoms with Crippen LogP contribution in [-0.4, -0.2) is 128 Å². The van der Waals surface area contributed by atoms with Crippen molar-refractivity contribution in [2.45, 2.75) is 193 Å². The molecule has 0 radical (unpaired) electrons. The summed E-state index contributed by atoms with van der Waals surface area (Å²) in [7, 11) is 1.59. The Morgan fingerprint density at radius 2 is 1.55 bits per heavy atom. The van der Waals surface area contributed by atoms with Gasteiger partial charge in [0.1, 0.15) is 43.0 Å². The minimum Gasteiger partial charge on any atom is -0.390 e. The molecule has 18 atom stereocenters. The Kier molecular flexibility index (Phi) is 9.76. The van der Waals surface area contributed by atoms with Gasteiger partial charge in [-0.3, -0.25) is 4.79 Å². The summed E-state index contributed by atoms with van der Waals surface area (Å²) >= 11 is 0. The molecule has 284 valence electrons. The molecule has 12 bridgehead atoms. The molecule has 10 aliphatic heterocycles. The lowest BCUT2D eigenvalue weighted by atomic mass is 9.83. The van der Waals surface area contributed by atoms with Gasteiger partial charge < -0.3 is 47.7 Å². The normalized spacial score (nSPS) is 51.7. The summed E-state index contributed by atoms with van der Waals surface area (Å²) in [4.78, 5) is 14.0. The van der Waals surface area contributed by atoms with Gasteiger partial charge in [-0.25, -0.2) is 4.39 Å². The number of aliphatic hydroxyl groups is 1. The van der Waals surface area contributed by atoms with Crippen LogP contribution in [-0.2, 0) is 47.4 Å². The lowest BCUT2D eigenvalue weighted by Gasteiger charge is -2.47. The van der Waals surface area contributed by atoms with Crippen molar-refractivity contribution < 1.29 is 56.9 Å². The van der Waals surface area contributed by atoms with Crippen molar-refractivity contribution in [3.05, 3.63) is 24.3 Å². The molecule has 10 aliphatic rings. The average Bonchev–Trinajstić information content (AvgIpc) is 3.79. The molecule has 0 saturated carbocycles. The van der Waals surface area contributed by atoms with E-state index in [0.29, 0.717) is 25.7 Å². The maximum Gasteiger partial charge on any atom is 0.172 e. The lowest BCUT2D eigenvalue weighted by molar-refractivity contribution is -0.292. The van der Waals surface area contributed by atoms with Crippen LogP contribution in [0.5, 0.6) is 0 Å². The molecule has 10 fully saturated rings. The summed E-state index contributed by atoms with van der Waals surface area (Å²) in [5.74, 6) is -1.03. The first-order valence-electron chi connectivity index (χ1n) is 19.6. The SMILES string of the molecule is C=C1CCC2CC[C@@H]3OC(CC[C@@]45CC6OC7[C@@H](OC8CCC(CC(=O)CC9C(CC1O2)OC(CC(O)CF)[C@@H]9OC)O[C@@H]8[C@@H]7O4)C6O5)CC3=C. The average molecular weight is 719 g/mol. The number of rotatable bonds is 4. The molecule has 0 aromatic carbocycles. The number of halogens is 1. The molecule has 0 aliphatic carbocycles. The number of hydrogen-bond donors (Lipinski definition) is 1. The van der Waals surface area contributed by atoms with E-state index in [-0.39, 0.29) is 110 Å². The van der Waals surface area contributed by atoms with Gasteiger partial charge in [0.2, 0.25) is 0 Å². The van der Waals surface area contributed by atoms with Gasteiger partial charge in [0.05, 0.1) is 67.1 Å². The summed E-state index contributed by atoms with van der Waals surface area (Å²) in [6.07, 6.45) is 4.20. The zero-order valence-corrected chi connectivity index (χ0v) is 29.7. The van der Waals surface area contributed by atoms with Crippen LogP contribution in [0.2, 0.25) is 0 Å². The first kappa shape index (κ1) is 35.4. The van der Waals surface area contributed by atoms with E-state index in [1.165, 1.54) is 0 Å². The van der Waals surface area contributed by atoms with E-state index in [4.69, 9.17) is 42.6 Å². The number of fused-ring (bicyclic) bond motifs is 6. The van der Waals surface area contributed by atoms with E-state index in [1.807, 2.05) is 0 Å². The van der Waals surface area contributed by atoms with Crippen molar-refractivity contribution in [1.82, 2.24) is 0 Å². The molecule has 0 aromatic heterocycles. The highest BCUT2D eigenvalue weighted by molar-refractivity contribution is 5.79. The molecule has 11 nitrogen and oxygen atoms in total. The van der Waals surface area contributed by atoms with E-state index in [9.17, 15) is 14.3 Å². The van der Waals surface area contributed by atoms with Gasteiger partial charge in [-0.15, -0.1) is 0 Å². The highest BCUT2D eigenvalue weighted by Crippen LogP contribution is 2.54. The number of methoxy groups -OCH3 is 1. The molecule has 51 heavy (non-hydrogen) atoms. The summed E-state index contributed by atoms with van der Waals surface area (Å²) in [5.41, 5.74) is 2.14. The van der Waals surface area contributed by atoms with Crippen LogP contribution in [0, 0.1) is 5.92 Å². The van der Waals surface area contributed by atoms with Crippen LogP contribution in [0.25, 0.3) is 0 Å². The van der Waals surface area contributed by atoms with Gasteiger partial charge in [-0.05, 0) is 62.5 Å². The maximum atomic E-state index is 14.0. The summed E-state index contributed by atoms with van der Waals surface area (Å²) in [6.45, 7) is 7.89. The number of ketones is 1. The Bertz CT molecular complexity index is 1350. The molecule has 10 heterocycles. The number of alkyl halides is 1. The van der Waals surface area contributed by atoms with Crippen LogP contribution in [0.15, 0.2) is 24.3 Å². The third-order valence-electron chi connectivity index (χ3n) is 13.5. The third-order valence-corrected chi connectivity index (χ3v) is 13.5. The van der Waals surface area contributed by atoms with E-state index in [1.54, 1.807) is 7.11 Å². The van der Waals surface area contributed by atoms with Crippen molar-refractivity contribution in [2.75, 3.05) is 13.8 Å². The molecule has 1 spiro atoms. The van der Waals surface area contributed by atoms with E-state index >= 15 is 0 Å². The minimum absolute atomic E-state index is 0.0272. The monoisotopic (exact) mass is 718 g/mol. The molecular weight excluding hydrogens is 663 g/mol. The molecule has 10 rings (SSSR count). The van der Waals surface area contributed by atoms with Crippen LogP contribution >= 0.6 is 0 Å². The number of carbonyl (C=O) groups excluding carboxylic acids is 1. The van der Waals surface area contributed by atoms with E-state index < -0.39 is 30.8 Å². The minimum atomic E-state index is -1.17. The predicted molar refractivity (Wildman–Crippen MR) is 179 cm³/mol. The Hall–Kier alpha value is -1.32. The highest BCUT2D eigenvalue weighted by atomic mass is 19.1. The fourth-order valence-corrected chi connectivity index (χ4v) is 11.0. The molecular formula is C39H55FO11. The second-order valence-corrected chi connectivity index (χ2v) is 16.8. The topological polar surface area (TPSA) is 120 Å². The fraction of sp³-hybridized carbons (Fsp3) is 0.872. The van der Waals surface area contributed by atoms with Gasteiger partial charge in [-0.1, -0.05) is 13.2 Å². The first-order chi connectivity index (χ1) is 24.7. The quantitative estimate of drug-likeness (QED) is 0.422. The van der Waals surface area contributed by atoms with Gasteiger partial charge in [0, 0.05) is 51.6 Å². The Labute approximate surface area is 299 Å². The summed E-state index contributed by atoms with van der Waals surface area (Å²) < 4.78 is 72.9. The molecule has 12 heteroatoms. The smallest absolute Gasteiger partial charge is 0.172 e. The maximum absolute atomic E-state index is 14.0. The second-order valence-electron chi connectivity index (χ2n) is 16.8. The second kappa shape index (κ2) is 14.1. The third kappa shape index (κ3) is 6.61. The van der Waals surface area contributed by atoms with Gasteiger partial charge in [0.25, 0.3) is 0 Å². The number of hydrogen-bond acceptors (Lipinski definition) is 11. The molecule has 12 unspecified atom stereocenters. The Morgan fingerprint density at radius 1 is 0.784 bits per heavy atom. The van der Waals surface area contributed by atoms with Crippen molar-refractivity contribution in [3.8, 4) is 0 Å². The molecule has 0 amide bonds. The molecule has 0 aromatic rings. The standard InChI is InChI=1S/C39H55FO11/c1-19-4-5-23-6-8-27-20(2)12-25(45-27)10-11-39-17-32-35(50-39)36-37(49-32)38(51-39)34-28(48-36)9-7-24(46-34)13-21(41)14-26-30(16-29(19)44-23)47-31(33(26)43-3)15-22(42)18-40/h22-38,42H,1-2,4-18H2,3H3/t22?,23?,24?,25?,26?,27-,28?,29?,30?,31?,32?,33+,34-,35?,36-,37?,38-,39-/m0/s1. The number of aliphatic hydroxyl groups excluding tert-OH is 1. The van der Waals surface area contributed by atoms with Crippen molar-refractivity contribution in [2.24, 2.45) is 5.92 Å². The molecule has 10 saturated heterocycles. The van der Waals surface area contributed by atoms with E-state index in [0.717, 1.165) is 56.1 Å². The van der Waals surface area contributed by atoms with Crippen molar-refractivity contribution in [1.29, 1.82) is 0 Å². The summed E-state index contributed by atoms with van der Waals surface area (Å²) in [5, 5.41) is 10.3. The predicted octanol–water partition coefficient (Wildman–Crippen LogP) is 4.20. The zero-order chi connectivity index (χ0) is 35.0. The Balaban J connectivity index is 0.986. The zero-order valence-electron chi connectivity index (χ0n) is 29.7. The van der Waals surface area contributed by atoms with Crippen molar-refractivity contribution >= 4 is 5.78 Å². The lowest BCUT2D eigenvalue weighted by Crippen LogP contribution is -2.61. The number of ether oxygens (including phenoxy) is 9. The van der Waals surface area contributed by atoms with Gasteiger partial charge in [-0.2, -0.15) is 0 Å². The van der Waals surface area contributed by atoms with Gasteiger partial charge >= 0.3 is 0 Å². The van der Waals surface area contributed by atoms with Crippen LogP contribution in [0.3, 0.4) is 0 Å². The molecule has 1 N–H and O–H groups in total. The Morgan fingerprint density at radius 3 is 2.39 bits per heavy atom. The first-order valence-corrected chi connectivity index (χ1v) is 19.6. The van der Waals surface area contributed by atoms with Crippen LogP contribution in [0.4, 0.5) is 4.39 Å². The van der Waals surface area contributed by atoms with Crippen LogP contribution in [0.1, 0.15) is 89.9 Å². The number of Topliss-reactive ketones (excluding diaryl/α,β-unsaturated/α-hetero) is 1. The summed E-state index contributed by atoms with van der Waals surface area (Å²) in [6, 6.07) is 0. The van der Waals surface area contributed by atoms with E-state index in [2.05, 4.69) is 13.2 Å². The highest BCUT2D eigenvalue weighted by Gasteiger charge is 2.68. The van der Waals surface area contributed by atoms with Gasteiger partial charge in [0.15, 0.2) is 5.79 Å². The van der Waals surface area contributed by atoms with Crippen LogP contribution < -0.4 is 0 Å². The van der Waals surface area contributed by atoms with Crippen molar-refractivity contribution in [3.63, 3.8) is 0 Å². The largest absolute Gasteiger partial charge is 0.390 e. The fourth-order valence-electron chi connectivity index (χ4n) is 11.0.